The van der Waals surface area contributed by atoms with Gasteiger partial charge in [0.25, 0.3) is 0 Å². The smallest absolute Gasteiger partial charge is 0.128 e. The maximum Gasteiger partial charge on any atom is 0.128 e. The van der Waals surface area contributed by atoms with Crippen LogP contribution in [0.5, 0.6) is 0 Å². The normalized spacial score (nSPS) is 11.1. The van der Waals surface area contributed by atoms with Gasteiger partial charge in [0.15, 0.2) is 0 Å². The van der Waals surface area contributed by atoms with E-state index in [1.54, 1.807) is 0 Å². The van der Waals surface area contributed by atoms with E-state index in [4.69, 9.17) is 0 Å². The Labute approximate surface area is 124 Å². The number of rotatable bonds is 10. The summed E-state index contributed by atoms with van der Waals surface area (Å²) < 4.78 is 0. The van der Waals surface area contributed by atoms with E-state index in [1.807, 2.05) is 6.20 Å². The number of anilines is 1. The van der Waals surface area contributed by atoms with Crippen molar-refractivity contribution in [3.05, 3.63) is 23.9 Å². The van der Waals surface area contributed by atoms with E-state index in [0.29, 0.717) is 0 Å². The largest absolute Gasteiger partial charge is 0.357 e. The van der Waals surface area contributed by atoms with Gasteiger partial charge in [0.1, 0.15) is 5.82 Å². The SMILES string of the molecule is CCCNCc1ccnc(N(CC)CC(CC)CC)c1. The number of aromatic nitrogens is 1. The molecule has 0 aliphatic carbocycles. The summed E-state index contributed by atoms with van der Waals surface area (Å²) in [5.41, 5.74) is 1.33. The number of hydrogen-bond donors (Lipinski definition) is 1. The Bertz CT molecular complexity index is 361. The molecule has 1 heterocycles. The minimum atomic E-state index is 0.763. The van der Waals surface area contributed by atoms with Crippen LogP contribution in [0, 0.1) is 5.92 Å². The van der Waals surface area contributed by atoms with Crippen molar-refractivity contribution in [3.63, 3.8) is 0 Å². The lowest BCUT2D eigenvalue weighted by Crippen LogP contribution is -2.29. The minimum Gasteiger partial charge on any atom is -0.357 e. The second kappa shape index (κ2) is 9.76. The van der Waals surface area contributed by atoms with Gasteiger partial charge in [-0.15, -0.1) is 0 Å². The zero-order valence-corrected chi connectivity index (χ0v) is 13.7. The first-order valence-corrected chi connectivity index (χ1v) is 8.15. The first-order valence-electron chi connectivity index (χ1n) is 8.15. The Kier molecular flexibility index (Phi) is 8.28. The molecule has 1 aromatic rings. The molecular formula is C17H31N3. The molecule has 0 radical (unpaired) electrons. The first-order chi connectivity index (χ1) is 9.74. The van der Waals surface area contributed by atoms with Crippen LogP contribution in [0.2, 0.25) is 0 Å². The van der Waals surface area contributed by atoms with E-state index in [2.05, 4.69) is 55.0 Å². The quantitative estimate of drug-likeness (QED) is 0.659. The molecular weight excluding hydrogens is 246 g/mol. The molecule has 0 aromatic carbocycles. The van der Waals surface area contributed by atoms with Gasteiger partial charge in [0.2, 0.25) is 0 Å². The second-order valence-corrected chi connectivity index (χ2v) is 5.42. The molecule has 1 N–H and O–H groups in total. The molecule has 0 amide bonds. The van der Waals surface area contributed by atoms with Gasteiger partial charge in [-0.05, 0) is 43.5 Å². The molecule has 1 aromatic heterocycles. The Hall–Kier alpha value is -1.09. The standard InChI is InChI=1S/C17H31N3/c1-5-10-18-13-16-9-11-19-17(12-16)20(8-4)14-15(6-2)7-3/h9,11-12,15,18H,5-8,10,13-14H2,1-4H3. The summed E-state index contributed by atoms with van der Waals surface area (Å²) in [7, 11) is 0. The Morgan fingerprint density at radius 2 is 1.95 bits per heavy atom. The molecule has 20 heavy (non-hydrogen) atoms. The van der Waals surface area contributed by atoms with Crippen molar-refractivity contribution in [2.75, 3.05) is 24.5 Å². The summed E-state index contributed by atoms with van der Waals surface area (Å²) >= 11 is 0. The lowest BCUT2D eigenvalue weighted by Gasteiger charge is -2.26. The fourth-order valence-electron chi connectivity index (χ4n) is 2.40. The Balaban J connectivity index is 2.69. The first kappa shape index (κ1) is 17.0. The van der Waals surface area contributed by atoms with Crippen LogP contribution >= 0.6 is 0 Å². The van der Waals surface area contributed by atoms with Crippen LogP contribution in [0.25, 0.3) is 0 Å². The van der Waals surface area contributed by atoms with Gasteiger partial charge in [-0.1, -0.05) is 33.6 Å². The van der Waals surface area contributed by atoms with E-state index in [1.165, 1.54) is 24.8 Å². The summed E-state index contributed by atoms with van der Waals surface area (Å²) in [4.78, 5) is 6.96. The van der Waals surface area contributed by atoms with Gasteiger partial charge < -0.3 is 10.2 Å². The molecule has 0 spiro atoms. The van der Waals surface area contributed by atoms with Crippen molar-refractivity contribution < 1.29 is 0 Å². The maximum atomic E-state index is 4.56. The van der Waals surface area contributed by atoms with Crippen molar-refractivity contribution in [1.82, 2.24) is 10.3 Å². The molecule has 0 saturated carbocycles. The van der Waals surface area contributed by atoms with Crippen LogP contribution in [0.1, 0.15) is 52.5 Å². The summed E-state index contributed by atoms with van der Waals surface area (Å²) in [6.07, 6.45) is 5.59. The zero-order valence-electron chi connectivity index (χ0n) is 13.7. The number of nitrogens with zero attached hydrogens (tertiary/aromatic N) is 2. The fraction of sp³-hybridized carbons (Fsp3) is 0.706. The van der Waals surface area contributed by atoms with Crippen molar-refractivity contribution in [1.29, 1.82) is 0 Å². The van der Waals surface area contributed by atoms with Crippen LogP contribution in [-0.4, -0.2) is 24.6 Å². The van der Waals surface area contributed by atoms with Crippen LogP contribution in [0.4, 0.5) is 5.82 Å². The topological polar surface area (TPSA) is 28.2 Å². The van der Waals surface area contributed by atoms with Crippen LogP contribution in [0.15, 0.2) is 18.3 Å². The summed E-state index contributed by atoms with van der Waals surface area (Å²) in [5, 5.41) is 3.45. The lowest BCUT2D eigenvalue weighted by atomic mass is 10.0. The molecule has 0 atom stereocenters. The molecule has 0 bridgehead atoms. The summed E-state index contributed by atoms with van der Waals surface area (Å²) in [6.45, 7) is 13.1. The van der Waals surface area contributed by atoms with E-state index >= 15 is 0 Å². The van der Waals surface area contributed by atoms with Gasteiger partial charge in [0, 0.05) is 25.8 Å². The highest BCUT2D eigenvalue weighted by Crippen LogP contribution is 2.17. The van der Waals surface area contributed by atoms with E-state index in [0.717, 1.165) is 37.9 Å². The highest BCUT2D eigenvalue weighted by atomic mass is 15.2. The van der Waals surface area contributed by atoms with Crippen molar-refractivity contribution >= 4 is 5.82 Å². The summed E-state index contributed by atoms with van der Waals surface area (Å²) in [5.74, 6) is 1.88. The van der Waals surface area contributed by atoms with Crippen LogP contribution < -0.4 is 10.2 Å². The molecule has 0 aliphatic rings. The molecule has 3 nitrogen and oxygen atoms in total. The van der Waals surface area contributed by atoms with Crippen molar-refractivity contribution in [2.45, 2.75) is 53.5 Å². The number of nitrogens with one attached hydrogen (secondary N) is 1. The molecule has 1 rings (SSSR count). The molecule has 0 fully saturated rings. The predicted octanol–water partition coefficient (Wildman–Crippen LogP) is 3.84. The van der Waals surface area contributed by atoms with E-state index in [9.17, 15) is 0 Å². The van der Waals surface area contributed by atoms with Gasteiger partial charge in [-0.3, -0.25) is 0 Å². The minimum absolute atomic E-state index is 0.763. The van der Waals surface area contributed by atoms with Gasteiger partial charge >= 0.3 is 0 Å². The summed E-state index contributed by atoms with van der Waals surface area (Å²) in [6, 6.07) is 4.34. The third-order valence-corrected chi connectivity index (χ3v) is 3.90. The Morgan fingerprint density at radius 3 is 2.55 bits per heavy atom. The highest BCUT2D eigenvalue weighted by Gasteiger charge is 2.12. The number of pyridine rings is 1. The van der Waals surface area contributed by atoms with Gasteiger partial charge in [-0.25, -0.2) is 4.98 Å². The van der Waals surface area contributed by atoms with Gasteiger partial charge in [0.05, 0.1) is 0 Å². The molecule has 0 unspecified atom stereocenters. The van der Waals surface area contributed by atoms with Crippen molar-refractivity contribution in [3.8, 4) is 0 Å². The maximum absolute atomic E-state index is 4.56. The third kappa shape index (κ3) is 5.49. The average molecular weight is 277 g/mol. The monoisotopic (exact) mass is 277 g/mol. The van der Waals surface area contributed by atoms with Crippen LogP contribution in [0.3, 0.4) is 0 Å². The van der Waals surface area contributed by atoms with Gasteiger partial charge in [-0.2, -0.15) is 0 Å². The fourth-order valence-corrected chi connectivity index (χ4v) is 2.40. The Morgan fingerprint density at radius 1 is 1.20 bits per heavy atom. The van der Waals surface area contributed by atoms with Crippen molar-refractivity contribution in [2.24, 2.45) is 5.92 Å². The molecule has 3 heteroatoms. The lowest BCUT2D eigenvalue weighted by molar-refractivity contribution is 0.484. The molecule has 114 valence electrons. The third-order valence-electron chi connectivity index (χ3n) is 3.90. The predicted molar refractivity (Wildman–Crippen MR) is 88.2 cm³/mol. The molecule has 0 aliphatic heterocycles. The average Bonchev–Trinajstić information content (AvgIpc) is 2.49. The second-order valence-electron chi connectivity index (χ2n) is 5.42. The highest BCUT2D eigenvalue weighted by molar-refractivity contribution is 5.40. The number of hydrogen-bond acceptors (Lipinski definition) is 3. The zero-order chi connectivity index (χ0) is 14.8. The van der Waals surface area contributed by atoms with E-state index < -0.39 is 0 Å². The van der Waals surface area contributed by atoms with Crippen LogP contribution in [-0.2, 0) is 6.54 Å². The molecule has 0 saturated heterocycles. The van der Waals surface area contributed by atoms with E-state index in [-0.39, 0.29) is 0 Å².